The predicted octanol–water partition coefficient (Wildman–Crippen LogP) is 1.58. The van der Waals surface area contributed by atoms with E-state index in [1.165, 1.54) is 0 Å². The molecule has 1 saturated carbocycles. The van der Waals surface area contributed by atoms with Crippen LogP contribution in [0.3, 0.4) is 0 Å². The second-order valence-electron chi connectivity index (χ2n) is 5.76. The van der Waals surface area contributed by atoms with E-state index in [-0.39, 0.29) is 17.7 Å². The van der Waals surface area contributed by atoms with Crippen molar-refractivity contribution in [2.75, 3.05) is 6.54 Å². The molecular formula is C15H18N4O2. The summed E-state index contributed by atoms with van der Waals surface area (Å²) < 4.78 is 7.54. The minimum absolute atomic E-state index is 0.0799. The highest BCUT2D eigenvalue weighted by Crippen LogP contribution is 2.48. The Hall–Kier alpha value is -2.11. The van der Waals surface area contributed by atoms with Crippen molar-refractivity contribution in [2.45, 2.75) is 38.8 Å². The maximum absolute atomic E-state index is 12.6. The number of aromatic nitrogens is 3. The molecule has 2 aromatic rings. The number of nitrogens with zero attached hydrogens (tertiary/aromatic N) is 4. The average molecular weight is 286 g/mol. The third-order valence-electron chi connectivity index (χ3n) is 4.47. The van der Waals surface area contributed by atoms with E-state index in [0.717, 1.165) is 43.3 Å². The standard InChI is InChI=1S/C15H18N4O2/c1-2-13-16-17-14-9-18(5-6-19(13)14)15(20)11-8-10(11)12-4-3-7-21-12/h3-4,7,10-11H,2,5-6,8-9H2,1H3/t10-,11+/m1/s1. The van der Waals surface area contributed by atoms with Crippen LogP contribution >= 0.6 is 0 Å². The second-order valence-corrected chi connectivity index (χ2v) is 5.76. The van der Waals surface area contributed by atoms with Gasteiger partial charge in [0.2, 0.25) is 5.91 Å². The summed E-state index contributed by atoms with van der Waals surface area (Å²) in [6, 6.07) is 3.84. The molecule has 2 aromatic heterocycles. The van der Waals surface area contributed by atoms with Gasteiger partial charge < -0.3 is 13.9 Å². The van der Waals surface area contributed by atoms with Gasteiger partial charge in [-0.05, 0) is 18.6 Å². The zero-order chi connectivity index (χ0) is 14.4. The summed E-state index contributed by atoms with van der Waals surface area (Å²) in [6.07, 6.45) is 3.45. The minimum atomic E-state index is 0.0799. The quantitative estimate of drug-likeness (QED) is 0.859. The minimum Gasteiger partial charge on any atom is -0.469 e. The fourth-order valence-electron chi connectivity index (χ4n) is 3.19. The molecule has 0 saturated heterocycles. The van der Waals surface area contributed by atoms with Gasteiger partial charge in [-0.25, -0.2) is 0 Å². The molecule has 0 bridgehead atoms. The SMILES string of the molecule is CCc1nnc2n1CCN(C(=O)[C@H]1C[C@H]1c1ccco1)C2. The van der Waals surface area contributed by atoms with Crippen molar-refractivity contribution in [3.63, 3.8) is 0 Å². The van der Waals surface area contributed by atoms with E-state index < -0.39 is 0 Å². The van der Waals surface area contributed by atoms with Gasteiger partial charge in [-0.3, -0.25) is 4.79 Å². The molecule has 21 heavy (non-hydrogen) atoms. The summed E-state index contributed by atoms with van der Waals surface area (Å²) in [6.45, 7) is 4.20. The molecule has 0 unspecified atom stereocenters. The molecule has 0 radical (unpaired) electrons. The Morgan fingerprint density at radius 1 is 1.43 bits per heavy atom. The summed E-state index contributed by atoms with van der Waals surface area (Å²) in [5.74, 6) is 3.42. The van der Waals surface area contributed by atoms with Crippen LogP contribution in [0.25, 0.3) is 0 Å². The molecule has 6 nitrogen and oxygen atoms in total. The van der Waals surface area contributed by atoms with E-state index >= 15 is 0 Å². The van der Waals surface area contributed by atoms with Gasteiger partial charge in [0.15, 0.2) is 5.82 Å². The van der Waals surface area contributed by atoms with Gasteiger partial charge in [0.05, 0.1) is 12.8 Å². The third kappa shape index (κ3) is 2.05. The van der Waals surface area contributed by atoms with Crippen LogP contribution in [0.2, 0.25) is 0 Å². The molecule has 0 aromatic carbocycles. The van der Waals surface area contributed by atoms with Gasteiger partial charge in [-0.15, -0.1) is 10.2 Å². The van der Waals surface area contributed by atoms with Crippen LogP contribution < -0.4 is 0 Å². The summed E-state index contributed by atoms with van der Waals surface area (Å²) in [5.41, 5.74) is 0. The molecule has 2 aliphatic rings. The van der Waals surface area contributed by atoms with Crippen molar-refractivity contribution in [2.24, 2.45) is 5.92 Å². The van der Waals surface area contributed by atoms with E-state index in [9.17, 15) is 4.79 Å². The van der Waals surface area contributed by atoms with Crippen LogP contribution in [-0.4, -0.2) is 32.1 Å². The molecule has 1 fully saturated rings. The molecule has 1 amide bonds. The lowest BCUT2D eigenvalue weighted by molar-refractivity contribution is -0.134. The highest BCUT2D eigenvalue weighted by atomic mass is 16.3. The average Bonchev–Trinajstić information content (AvgIpc) is 2.96. The monoisotopic (exact) mass is 286 g/mol. The smallest absolute Gasteiger partial charge is 0.226 e. The molecule has 1 aliphatic carbocycles. The molecular weight excluding hydrogens is 268 g/mol. The number of hydrogen-bond donors (Lipinski definition) is 0. The van der Waals surface area contributed by atoms with Crippen LogP contribution in [0.5, 0.6) is 0 Å². The molecule has 4 rings (SSSR count). The Labute approximate surface area is 122 Å². The molecule has 0 spiro atoms. The van der Waals surface area contributed by atoms with Crippen LogP contribution in [0.15, 0.2) is 22.8 Å². The predicted molar refractivity (Wildman–Crippen MR) is 74.4 cm³/mol. The van der Waals surface area contributed by atoms with Crippen molar-refractivity contribution in [3.05, 3.63) is 35.8 Å². The molecule has 6 heteroatoms. The third-order valence-corrected chi connectivity index (χ3v) is 4.47. The number of aryl methyl sites for hydroxylation is 1. The van der Waals surface area contributed by atoms with Crippen molar-refractivity contribution in [1.29, 1.82) is 0 Å². The summed E-state index contributed by atoms with van der Waals surface area (Å²) in [7, 11) is 0. The Morgan fingerprint density at radius 3 is 3.10 bits per heavy atom. The molecule has 3 heterocycles. The topological polar surface area (TPSA) is 64.2 Å². The van der Waals surface area contributed by atoms with Crippen molar-refractivity contribution < 1.29 is 9.21 Å². The lowest BCUT2D eigenvalue weighted by Crippen LogP contribution is -2.39. The molecule has 2 atom stereocenters. The molecule has 1 aliphatic heterocycles. The van der Waals surface area contributed by atoms with E-state index in [4.69, 9.17) is 4.42 Å². The number of amides is 1. The summed E-state index contributed by atoms with van der Waals surface area (Å²) >= 11 is 0. The van der Waals surface area contributed by atoms with Crippen molar-refractivity contribution in [1.82, 2.24) is 19.7 Å². The highest BCUT2D eigenvalue weighted by Gasteiger charge is 2.48. The van der Waals surface area contributed by atoms with Crippen LogP contribution in [0.4, 0.5) is 0 Å². The Kier molecular flexibility index (Phi) is 2.83. The van der Waals surface area contributed by atoms with Gasteiger partial charge in [0, 0.05) is 31.3 Å². The van der Waals surface area contributed by atoms with E-state index in [1.54, 1.807) is 6.26 Å². The maximum atomic E-state index is 12.6. The Bertz CT molecular complexity index is 661. The first kappa shape index (κ1) is 12.6. The fourth-order valence-corrected chi connectivity index (χ4v) is 3.19. The lowest BCUT2D eigenvalue weighted by Gasteiger charge is -2.28. The van der Waals surface area contributed by atoms with E-state index in [0.29, 0.717) is 6.54 Å². The summed E-state index contributed by atoms with van der Waals surface area (Å²) in [5, 5.41) is 8.40. The highest BCUT2D eigenvalue weighted by molar-refractivity contribution is 5.82. The fraction of sp³-hybridized carbons (Fsp3) is 0.533. The molecule has 0 N–H and O–H groups in total. The first-order chi connectivity index (χ1) is 10.3. The van der Waals surface area contributed by atoms with Gasteiger partial charge in [0.25, 0.3) is 0 Å². The second kappa shape index (κ2) is 4.72. The van der Waals surface area contributed by atoms with E-state index in [1.807, 2.05) is 17.0 Å². The number of hydrogen-bond acceptors (Lipinski definition) is 4. The number of furan rings is 1. The maximum Gasteiger partial charge on any atom is 0.226 e. The van der Waals surface area contributed by atoms with Crippen molar-refractivity contribution in [3.8, 4) is 0 Å². The van der Waals surface area contributed by atoms with E-state index in [2.05, 4.69) is 21.7 Å². The summed E-state index contributed by atoms with van der Waals surface area (Å²) in [4.78, 5) is 14.5. The first-order valence-electron chi connectivity index (χ1n) is 7.51. The van der Waals surface area contributed by atoms with Gasteiger partial charge in [-0.2, -0.15) is 0 Å². The molecule has 110 valence electrons. The van der Waals surface area contributed by atoms with Gasteiger partial charge in [0.1, 0.15) is 11.6 Å². The zero-order valence-electron chi connectivity index (χ0n) is 12.0. The number of carbonyl (C=O) groups excluding carboxylic acids is 1. The Morgan fingerprint density at radius 2 is 2.33 bits per heavy atom. The normalized spacial score (nSPS) is 24.0. The number of fused-ring (bicyclic) bond motifs is 1. The largest absolute Gasteiger partial charge is 0.469 e. The first-order valence-corrected chi connectivity index (χ1v) is 7.51. The number of rotatable bonds is 3. The zero-order valence-corrected chi connectivity index (χ0v) is 12.0. The van der Waals surface area contributed by atoms with Gasteiger partial charge in [-0.1, -0.05) is 6.92 Å². The Balaban J connectivity index is 1.45. The van der Waals surface area contributed by atoms with Crippen LogP contribution in [0.1, 0.15) is 36.7 Å². The van der Waals surface area contributed by atoms with Crippen molar-refractivity contribution >= 4 is 5.91 Å². The lowest BCUT2D eigenvalue weighted by atomic mass is 10.2. The number of carbonyl (C=O) groups is 1. The van der Waals surface area contributed by atoms with Crippen LogP contribution in [-0.2, 0) is 24.3 Å². The van der Waals surface area contributed by atoms with Crippen LogP contribution in [0, 0.1) is 5.92 Å². The van der Waals surface area contributed by atoms with Gasteiger partial charge >= 0.3 is 0 Å².